The molecule has 0 radical (unpaired) electrons. The molecule has 0 aliphatic rings. The Morgan fingerprint density at radius 2 is 1.96 bits per heavy atom. The largest absolute Gasteiger partial charge is 0.482 e. The number of ketones is 1. The van der Waals surface area contributed by atoms with Crippen molar-refractivity contribution >= 4 is 57.1 Å². The molecule has 0 amide bonds. The molecule has 0 saturated heterocycles. The third kappa shape index (κ3) is 4.73. The van der Waals surface area contributed by atoms with Crippen LogP contribution in [-0.4, -0.2) is 15.6 Å². The van der Waals surface area contributed by atoms with Gasteiger partial charge in [-0.15, -0.1) is 5.10 Å². The summed E-state index contributed by atoms with van der Waals surface area (Å²) in [7, 11) is 0. The van der Waals surface area contributed by atoms with E-state index in [2.05, 4.69) is 21.0 Å². The molecule has 2 aromatic carbocycles. The lowest BCUT2D eigenvalue weighted by Gasteiger charge is -2.05. The van der Waals surface area contributed by atoms with E-state index >= 15 is 0 Å². The normalized spacial score (nSPS) is 10.7. The lowest BCUT2D eigenvalue weighted by atomic mass is 10.1. The van der Waals surface area contributed by atoms with Crippen LogP contribution >= 0.6 is 51.3 Å². The van der Waals surface area contributed by atoms with Crippen LogP contribution in [0.1, 0.15) is 16.2 Å². The second-order valence-electron chi connectivity index (χ2n) is 5.21. The van der Waals surface area contributed by atoms with Gasteiger partial charge in [-0.05, 0) is 42.5 Å². The first-order valence-electron chi connectivity index (χ1n) is 7.36. The molecule has 0 bridgehead atoms. The van der Waals surface area contributed by atoms with Gasteiger partial charge in [-0.1, -0.05) is 51.3 Å². The molecule has 26 heavy (non-hydrogen) atoms. The van der Waals surface area contributed by atoms with Crippen LogP contribution in [0, 0.1) is 4.84 Å². The number of aromatic nitrogens is 2. The van der Waals surface area contributed by atoms with Crippen molar-refractivity contribution in [2.75, 3.05) is 0 Å². The van der Waals surface area contributed by atoms with E-state index in [1.165, 1.54) is 4.68 Å². The summed E-state index contributed by atoms with van der Waals surface area (Å²) in [6.45, 7) is -0.00384. The summed E-state index contributed by atoms with van der Waals surface area (Å²) in [6, 6.07) is 11.9. The molecule has 9 heteroatoms. The van der Waals surface area contributed by atoms with Crippen LogP contribution in [0.15, 0.2) is 51.4 Å². The zero-order valence-electron chi connectivity index (χ0n) is 13.1. The maximum Gasteiger partial charge on any atom is 0.287 e. The molecule has 1 aromatic heterocycles. The van der Waals surface area contributed by atoms with Gasteiger partial charge in [-0.2, -0.15) is 0 Å². The quantitative estimate of drug-likeness (QED) is 0.337. The van der Waals surface area contributed by atoms with E-state index in [0.717, 1.165) is 4.47 Å². The molecule has 3 rings (SSSR count). The van der Waals surface area contributed by atoms with Crippen molar-refractivity contribution in [2.45, 2.75) is 13.2 Å². The Balaban J connectivity index is 1.68. The zero-order chi connectivity index (χ0) is 18.7. The van der Waals surface area contributed by atoms with Crippen LogP contribution < -0.4 is 4.74 Å². The fourth-order valence-corrected chi connectivity index (χ4v) is 3.03. The Labute approximate surface area is 172 Å². The topological polar surface area (TPSA) is 57.3 Å². The van der Waals surface area contributed by atoms with E-state index in [4.69, 9.17) is 44.6 Å². The highest BCUT2D eigenvalue weighted by Crippen LogP contribution is 2.28. The second-order valence-corrected chi connectivity index (χ2v) is 7.32. The number of Topliss-reactive ketones (excluding diaryl/α,β-unsaturated/α-hetero) is 1. The Morgan fingerprint density at radius 1 is 1.23 bits per heavy atom. The fraction of sp³-hybridized carbons (Fsp3) is 0.118. The minimum atomic E-state index is -0.130. The van der Waals surface area contributed by atoms with Gasteiger partial charge in [0.05, 0.1) is 5.02 Å². The number of benzene rings is 2. The van der Waals surface area contributed by atoms with Gasteiger partial charge in [0.2, 0.25) is 0 Å². The SMILES string of the molecule is O=C(Cn1nc(COc2ccc(Cl)cc2Cl)oc1=S)c1ccc(Br)cc1. The van der Waals surface area contributed by atoms with Crippen LogP contribution in [0.25, 0.3) is 0 Å². The first-order chi connectivity index (χ1) is 12.4. The minimum Gasteiger partial charge on any atom is -0.482 e. The van der Waals surface area contributed by atoms with Gasteiger partial charge in [0.15, 0.2) is 12.4 Å². The third-order valence-electron chi connectivity index (χ3n) is 3.35. The third-order valence-corrected chi connectivity index (χ3v) is 4.71. The highest BCUT2D eigenvalue weighted by molar-refractivity contribution is 9.10. The second kappa shape index (κ2) is 8.35. The van der Waals surface area contributed by atoms with Crippen molar-refractivity contribution in [3.63, 3.8) is 0 Å². The predicted octanol–water partition coefficient (Wildman–Crippen LogP) is 5.74. The minimum absolute atomic E-state index is 0.0183. The summed E-state index contributed by atoms with van der Waals surface area (Å²) in [4.78, 5) is 12.4. The van der Waals surface area contributed by atoms with Gasteiger partial charge in [0.1, 0.15) is 12.3 Å². The molecule has 0 saturated carbocycles. The van der Waals surface area contributed by atoms with E-state index in [9.17, 15) is 4.79 Å². The summed E-state index contributed by atoms with van der Waals surface area (Å²) in [6.07, 6.45) is 0. The molecule has 0 atom stereocenters. The number of carbonyl (C=O) groups excluding carboxylic acids is 1. The van der Waals surface area contributed by atoms with Crippen molar-refractivity contribution in [3.05, 3.63) is 73.3 Å². The van der Waals surface area contributed by atoms with Crippen molar-refractivity contribution in [2.24, 2.45) is 0 Å². The van der Waals surface area contributed by atoms with E-state index in [0.29, 0.717) is 21.4 Å². The van der Waals surface area contributed by atoms with Gasteiger partial charge in [-0.25, -0.2) is 4.68 Å². The maximum absolute atomic E-state index is 12.3. The Morgan fingerprint density at radius 3 is 2.65 bits per heavy atom. The van der Waals surface area contributed by atoms with Gasteiger partial charge >= 0.3 is 0 Å². The van der Waals surface area contributed by atoms with Crippen LogP contribution in [-0.2, 0) is 13.2 Å². The lowest BCUT2D eigenvalue weighted by Crippen LogP contribution is -2.12. The van der Waals surface area contributed by atoms with Crippen LogP contribution in [0.5, 0.6) is 5.75 Å². The molecule has 1 heterocycles. The molecule has 3 aromatic rings. The first-order valence-corrected chi connectivity index (χ1v) is 9.31. The number of rotatable bonds is 6. The van der Waals surface area contributed by atoms with Gasteiger partial charge < -0.3 is 9.15 Å². The van der Waals surface area contributed by atoms with Gasteiger partial charge in [-0.3, -0.25) is 4.79 Å². The molecule has 5 nitrogen and oxygen atoms in total. The summed E-state index contributed by atoms with van der Waals surface area (Å²) < 4.78 is 13.1. The van der Waals surface area contributed by atoms with E-state index in [-0.39, 0.29) is 29.7 Å². The number of hydrogen-bond acceptors (Lipinski definition) is 5. The standard InChI is InChI=1S/C17H11BrCl2N2O3S/c18-11-3-1-10(2-4-11)14(23)8-22-17(26)25-16(21-22)9-24-15-6-5-12(19)7-13(15)20/h1-7H,8-9H2. The monoisotopic (exact) mass is 472 g/mol. The van der Waals surface area contributed by atoms with Gasteiger partial charge in [0.25, 0.3) is 10.7 Å². The van der Waals surface area contributed by atoms with Crippen LogP contribution in [0.3, 0.4) is 0 Å². The Kier molecular flexibility index (Phi) is 6.13. The van der Waals surface area contributed by atoms with Gasteiger partial charge in [0, 0.05) is 15.1 Å². The molecular formula is C17H11BrCl2N2O3S. The van der Waals surface area contributed by atoms with Crippen LogP contribution in [0.4, 0.5) is 0 Å². The molecule has 0 aliphatic heterocycles. The number of carbonyl (C=O) groups is 1. The number of halogens is 3. The number of hydrogen-bond donors (Lipinski definition) is 0. The summed E-state index contributed by atoms with van der Waals surface area (Å²) in [5, 5.41) is 5.06. The highest BCUT2D eigenvalue weighted by Gasteiger charge is 2.13. The average molecular weight is 474 g/mol. The smallest absolute Gasteiger partial charge is 0.287 e. The average Bonchev–Trinajstić information content (AvgIpc) is 2.94. The predicted molar refractivity (Wildman–Crippen MR) is 105 cm³/mol. The first kappa shape index (κ1) is 19.1. The van der Waals surface area contributed by atoms with E-state index in [1.54, 1.807) is 42.5 Å². The Hall–Kier alpha value is -1.67. The molecular weight excluding hydrogens is 463 g/mol. The van der Waals surface area contributed by atoms with E-state index in [1.807, 2.05) is 0 Å². The fourth-order valence-electron chi connectivity index (χ4n) is 2.10. The van der Waals surface area contributed by atoms with Crippen molar-refractivity contribution < 1.29 is 13.9 Å². The van der Waals surface area contributed by atoms with E-state index < -0.39 is 0 Å². The molecule has 0 unspecified atom stereocenters. The summed E-state index contributed by atoms with van der Waals surface area (Å²) >= 11 is 20.3. The molecule has 0 spiro atoms. The molecule has 0 aliphatic carbocycles. The Bertz CT molecular complexity index is 1000. The molecule has 0 N–H and O–H groups in total. The van der Waals surface area contributed by atoms with Crippen molar-refractivity contribution in [1.29, 1.82) is 0 Å². The van der Waals surface area contributed by atoms with Crippen molar-refractivity contribution in [1.82, 2.24) is 9.78 Å². The zero-order valence-corrected chi connectivity index (χ0v) is 17.0. The summed E-state index contributed by atoms with van der Waals surface area (Å²) in [5.41, 5.74) is 0.559. The maximum atomic E-state index is 12.3. The number of nitrogens with zero attached hydrogens (tertiary/aromatic N) is 2. The number of ether oxygens (including phenoxy) is 1. The summed E-state index contributed by atoms with van der Waals surface area (Å²) in [5.74, 6) is 0.553. The molecule has 134 valence electrons. The van der Waals surface area contributed by atoms with Crippen molar-refractivity contribution in [3.8, 4) is 5.75 Å². The highest BCUT2D eigenvalue weighted by atomic mass is 79.9. The molecule has 0 fully saturated rings. The van der Waals surface area contributed by atoms with Crippen LogP contribution in [0.2, 0.25) is 10.0 Å². The lowest BCUT2D eigenvalue weighted by molar-refractivity contribution is 0.0966.